The summed E-state index contributed by atoms with van der Waals surface area (Å²) in [5.41, 5.74) is 0.886. The highest BCUT2D eigenvalue weighted by molar-refractivity contribution is 7.89. The van der Waals surface area contributed by atoms with Crippen LogP contribution >= 0.6 is 11.3 Å². The van der Waals surface area contributed by atoms with Crippen molar-refractivity contribution >= 4 is 37.5 Å². The van der Waals surface area contributed by atoms with E-state index in [2.05, 4.69) is 33.7 Å². The third-order valence-corrected chi connectivity index (χ3v) is 9.03. The van der Waals surface area contributed by atoms with Crippen molar-refractivity contribution in [3.05, 3.63) is 16.8 Å². The van der Waals surface area contributed by atoms with Crippen LogP contribution in [0.3, 0.4) is 0 Å². The summed E-state index contributed by atoms with van der Waals surface area (Å²) in [6, 6.07) is 0.577. The van der Waals surface area contributed by atoms with E-state index in [1.807, 2.05) is 0 Å². The number of aromatic nitrogens is 2. The minimum absolute atomic E-state index is 0.0904. The minimum Gasteiger partial charge on any atom is -0.474 e. The van der Waals surface area contributed by atoms with Crippen molar-refractivity contribution in [1.82, 2.24) is 19.2 Å². The Labute approximate surface area is 186 Å². The molecule has 4 rings (SSSR count). The van der Waals surface area contributed by atoms with Gasteiger partial charge in [-0.25, -0.2) is 18.4 Å². The second kappa shape index (κ2) is 8.97. The van der Waals surface area contributed by atoms with E-state index in [1.165, 1.54) is 17.7 Å². The maximum Gasteiger partial charge on any atom is 0.322 e. The molecule has 2 aromatic heterocycles. The highest BCUT2D eigenvalue weighted by atomic mass is 32.2. The van der Waals surface area contributed by atoms with E-state index in [0.717, 1.165) is 46.3 Å². The van der Waals surface area contributed by atoms with Gasteiger partial charge < -0.3 is 14.4 Å². The van der Waals surface area contributed by atoms with E-state index in [4.69, 9.17) is 4.74 Å². The van der Waals surface area contributed by atoms with Crippen LogP contribution in [-0.2, 0) is 32.5 Å². The number of hydrogen-bond acceptors (Lipinski definition) is 9. The van der Waals surface area contributed by atoms with Gasteiger partial charge >= 0.3 is 5.97 Å². The monoisotopic (exact) mass is 468 g/mol. The highest BCUT2D eigenvalue weighted by Gasteiger charge is 2.33. The Balaban J connectivity index is 1.57. The fourth-order valence-electron chi connectivity index (χ4n) is 4.32. The Morgan fingerprint density at radius 1 is 1.26 bits per heavy atom. The molecule has 0 amide bonds. The number of esters is 1. The van der Waals surface area contributed by atoms with Crippen LogP contribution in [0.5, 0.6) is 5.88 Å². The van der Waals surface area contributed by atoms with Crippen LogP contribution < -0.4 is 4.74 Å². The number of sulfonamides is 1. The van der Waals surface area contributed by atoms with Crippen molar-refractivity contribution in [1.29, 1.82) is 0 Å². The fourth-order valence-corrected chi connectivity index (χ4v) is 6.74. The van der Waals surface area contributed by atoms with Crippen molar-refractivity contribution in [2.75, 3.05) is 33.5 Å². The molecular formula is C20H28N4O5S2. The fraction of sp³-hybridized carbons (Fsp3) is 0.650. The van der Waals surface area contributed by atoms with E-state index in [9.17, 15) is 13.2 Å². The molecular weight excluding hydrogens is 440 g/mol. The van der Waals surface area contributed by atoms with Gasteiger partial charge in [0.1, 0.15) is 17.3 Å². The van der Waals surface area contributed by atoms with Crippen LogP contribution in [-0.4, -0.2) is 79.2 Å². The molecule has 31 heavy (non-hydrogen) atoms. The van der Waals surface area contributed by atoms with Gasteiger partial charge in [0, 0.05) is 24.0 Å². The van der Waals surface area contributed by atoms with Gasteiger partial charge in [-0.15, -0.1) is 11.3 Å². The maximum atomic E-state index is 12.7. The van der Waals surface area contributed by atoms with E-state index >= 15 is 0 Å². The molecule has 0 saturated heterocycles. The van der Waals surface area contributed by atoms with Gasteiger partial charge in [-0.1, -0.05) is 0 Å². The third kappa shape index (κ3) is 4.69. The third-order valence-electron chi connectivity index (χ3n) is 6.13. The second-order valence-electron chi connectivity index (χ2n) is 8.29. The SMILES string of the molecule is COC(=O)CS(=O)(=O)N1CCc2sc3ncnc(O[C@H]4CC[C@H](N(C)C)CC4)c3c2C1. The Kier molecular flexibility index (Phi) is 6.47. The first-order valence-electron chi connectivity index (χ1n) is 10.4. The number of methoxy groups -OCH3 is 1. The molecule has 1 saturated carbocycles. The van der Waals surface area contributed by atoms with Crippen LogP contribution in [0.25, 0.3) is 10.2 Å². The molecule has 0 N–H and O–H groups in total. The normalized spacial score (nSPS) is 22.5. The molecule has 0 atom stereocenters. The molecule has 0 aromatic carbocycles. The number of hydrogen-bond donors (Lipinski definition) is 0. The predicted molar refractivity (Wildman–Crippen MR) is 118 cm³/mol. The lowest BCUT2D eigenvalue weighted by Crippen LogP contribution is -2.39. The molecule has 1 fully saturated rings. The van der Waals surface area contributed by atoms with Gasteiger partial charge in [0.2, 0.25) is 15.9 Å². The molecule has 2 aliphatic rings. The number of thiophene rings is 1. The molecule has 0 radical (unpaired) electrons. The van der Waals surface area contributed by atoms with Crippen LogP contribution in [0.2, 0.25) is 0 Å². The zero-order valence-corrected chi connectivity index (χ0v) is 19.7. The molecule has 0 spiro atoms. The lowest BCUT2D eigenvalue weighted by Gasteiger charge is -2.32. The van der Waals surface area contributed by atoms with E-state index < -0.39 is 21.7 Å². The van der Waals surface area contributed by atoms with Crippen LogP contribution in [0.4, 0.5) is 0 Å². The number of ether oxygens (including phenoxy) is 2. The Bertz CT molecular complexity index is 1060. The molecule has 2 aromatic rings. The topological polar surface area (TPSA) is 102 Å². The number of carbonyl (C=O) groups excluding carboxylic acids is 1. The molecule has 170 valence electrons. The molecule has 0 bridgehead atoms. The smallest absolute Gasteiger partial charge is 0.322 e. The molecule has 1 aliphatic carbocycles. The molecule has 11 heteroatoms. The van der Waals surface area contributed by atoms with Gasteiger partial charge in [-0.3, -0.25) is 4.79 Å². The summed E-state index contributed by atoms with van der Waals surface area (Å²) in [6.07, 6.45) is 6.25. The van der Waals surface area contributed by atoms with Gasteiger partial charge in [0.05, 0.1) is 12.5 Å². The average molecular weight is 469 g/mol. The largest absolute Gasteiger partial charge is 0.474 e. The first kappa shape index (κ1) is 22.4. The van der Waals surface area contributed by atoms with Crippen molar-refractivity contribution in [3.8, 4) is 5.88 Å². The van der Waals surface area contributed by atoms with Crippen LogP contribution in [0, 0.1) is 0 Å². The van der Waals surface area contributed by atoms with E-state index in [-0.39, 0.29) is 12.6 Å². The van der Waals surface area contributed by atoms with Crippen LogP contribution in [0.15, 0.2) is 6.33 Å². The first-order valence-corrected chi connectivity index (χ1v) is 12.8. The first-order chi connectivity index (χ1) is 14.8. The van der Waals surface area contributed by atoms with Gasteiger partial charge in [0.15, 0.2) is 5.75 Å². The standard InChI is InChI=1S/C20H28N4O5S2/c1-23(2)13-4-6-14(7-5-13)29-19-18-15-10-24(31(26,27)11-17(25)28-3)9-8-16(15)30-20(18)22-12-21-19/h12-14H,4-11H2,1-3H3/t13-,14-. The van der Waals surface area contributed by atoms with Crippen molar-refractivity contribution in [2.45, 2.75) is 50.8 Å². The van der Waals surface area contributed by atoms with Gasteiger partial charge in [-0.05, 0) is 51.8 Å². The van der Waals surface area contributed by atoms with E-state index in [1.54, 1.807) is 11.3 Å². The van der Waals surface area contributed by atoms with Crippen LogP contribution in [0.1, 0.15) is 36.1 Å². The Morgan fingerprint density at radius 3 is 2.68 bits per heavy atom. The summed E-state index contributed by atoms with van der Waals surface area (Å²) in [7, 11) is 1.64. The quantitative estimate of drug-likeness (QED) is 0.592. The summed E-state index contributed by atoms with van der Waals surface area (Å²) >= 11 is 1.56. The van der Waals surface area contributed by atoms with Gasteiger partial charge in [0.25, 0.3) is 0 Å². The zero-order chi connectivity index (χ0) is 22.2. The van der Waals surface area contributed by atoms with Crippen molar-refractivity contribution in [2.24, 2.45) is 0 Å². The van der Waals surface area contributed by atoms with Crippen molar-refractivity contribution < 1.29 is 22.7 Å². The summed E-state index contributed by atoms with van der Waals surface area (Å²) in [6.45, 7) is 0.517. The highest BCUT2D eigenvalue weighted by Crippen LogP contribution is 2.39. The van der Waals surface area contributed by atoms with Crippen molar-refractivity contribution in [3.63, 3.8) is 0 Å². The predicted octanol–water partition coefficient (Wildman–Crippen LogP) is 1.80. The Hall–Kier alpha value is -1.82. The lowest BCUT2D eigenvalue weighted by atomic mass is 9.92. The summed E-state index contributed by atoms with van der Waals surface area (Å²) in [4.78, 5) is 24.5. The molecule has 1 aliphatic heterocycles. The number of carbonyl (C=O) groups is 1. The lowest BCUT2D eigenvalue weighted by molar-refractivity contribution is -0.137. The number of nitrogens with zero attached hydrogens (tertiary/aromatic N) is 4. The zero-order valence-electron chi connectivity index (χ0n) is 18.0. The number of rotatable bonds is 6. The molecule has 9 nitrogen and oxygen atoms in total. The molecule has 3 heterocycles. The summed E-state index contributed by atoms with van der Waals surface area (Å²) in [5.74, 6) is -0.889. The van der Waals surface area contributed by atoms with E-state index in [0.29, 0.717) is 24.9 Å². The summed E-state index contributed by atoms with van der Waals surface area (Å²) < 4.78 is 37.5. The minimum atomic E-state index is -3.76. The maximum absolute atomic E-state index is 12.7. The Morgan fingerprint density at radius 2 is 2.00 bits per heavy atom. The number of fused-ring (bicyclic) bond motifs is 3. The second-order valence-corrected chi connectivity index (χ2v) is 11.3. The van der Waals surface area contributed by atoms with Gasteiger partial charge in [-0.2, -0.15) is 4.31 Å². The molecule has 0 unspecified atom stereocenters. The average Bonchev–Trinajstić information content (AvgIpc) is 3.12. The summed E-state index contributed by atoms with van der Waals surface area (Å²) in [5, 5.41) is 0.801.